The molecule has 2 aromatic carbocycles. The van der Waals surface area contributed by atoms with E-state index in [1.54, 1.807) is 18.2 Å². The lowest BCUT2D eigenvalue weighted by molar-refractivity contribution is -0.387. The van der Waals surface area contributed by atoms with Crippen LogP contribution in [0.5, 0.6) is 5.75 Å². The molecule has 0 bridgehead atoms. The van der Waals surface area contributed by atoms with Crippen LogP contribution in [-0.4, -0.2) is 4.92 Å². The number of halogens is 3. The third-order valence-electron chi connectivity index (χ3n) is 2.48. The van der Waals surface area contributed by atoms with Crippen molar-refractivity contribution in [1.29, 1.82) is 0 Å². The number of nitro groups is 1. The summed E-state index contributed by atoms with van der Waals surface area (Å²) < 4.78 is 32.9. The molecule has 0 aliphatic heterocycles. The molecule has 0 aliphatic carbocycles. The molecule has 0 aliphatic rings. The molecule has 0 saturated carbocycles. The molecular formula is C13H8BrF2NO3. The quantitative estimate of drug-likeness (QED) is 0.617. The van der Waals surface area contributed by atoms with Gasteiger partial charge in [0, 0.05) is 10.5 Å². The maximum atomic E-state index is 13.6. The Hall–Kier alpha value is -2.02. The fourth-order valence-corrected chi connectivity index (χ4v) is 2.00. The van der Waals surface area contributed by atoms with Crippen molar-refractivity contribution in [3.63, 3.8) is 0 Å². The van der Waals surface area contributed by atoms with Gasteiger partial charge in [-0.2, -0.15) is 4.39 Å². The van der Waals surface area contributed by atoms with Crippen molar-refractivity contribution in [1.82, 2.24) is 0 Å². The molecule has 0 aromatic heterocycles. The van der Waals surface area contributed by atoms with Crippen molar-refractivity contribution >= 4 is 21.6 Å². The average Bonchev–Trinajstić information content (AvgIpc) is 2.39. The van der Waals surface area contributed by atoms with Crippen LogP contribution in [0.2, 0.25) is 0 Å². The first kappa shape index (κ1) is 14.4. The van der Waals surface area contributed by atoms with Gasteiger partial charge < -0.3 is 4.74 Å². The van der Waals surface area contributed by atoms with Crippen molar-refractivity contribution in [2.45, 2.75) is 6.61 Å². The molecular weight excluding hydrogens is 336 g/mol. The Kier molecular flexibility index (Phi) is 4.29. The predicted molar refractivity (Wildman–Crippen MR) is 71.5 cm³/mol. The molecule has 2 rings (SSSR count). The minimum atomic E-state index is -1.14. The van der Waals surface area contributed by atoms with Gasteiger partial charge in [-0.25, -0.2) is 4.39 Å². The molecule has 104 valence electrons. The normalized spacial score (nSPS) is 10.3. The lowest BCUT2D eigenvalue weighted by atomic mass is 10.2. The van der Waals surface area contributed by atoms with E-state index in [4.69, 9.17) is 4.74 Å². The highest BCUT2D eigenvalue weighted by Gasteiger charge is 2.19. The molecule has 0 unspecified atom stereocenters. The smallest absolute Gasteiger partial charge is 0.307 e. The third kappa shape index (κ3) is 3.30. The number of benzene rings is 2. The van der Waals surface area contributed by atoms with E-state index in [1.165, 1.54) is 0 Å². The summed E-state index contributed by atoms with van der Waals surface area (Å²) in [6.07, 6.45) is 0. The first-order valence-corrected chi connectivity index (χ1v) is 6.27. The lowest BCUT2D eigenvalue weighted by Crippen LogP contribution is -2.00. The maximum Gasteiger partial charge on any atom is 0.307 e. The summed E-state index contributed by atoms with van der Waals surface area (Å²) in [7, 11) is 0. The highest BCUT2D eigenvalue weighted by molar-refractivity contribution is 9.10. The molecule has 4 nitrogen and oxygen atoms in total. The maximum absolute atomic E-state index is 13.6. The summed E-state index contributed by atoms with van der Waals surface area (Å²) in [4.78, 5) is 9.47. The molecule has 0 heterocycles. The number of ether oxygens (including phenoxy) is 1. The topological polar surface area (TPSA) is 52.4 Å². The number of hydrogen-bond acceptors (Lipinski definition) is 3. The van der Waals surface area contributed by atoms with Gasteiger partial charge in [-0.15, -0.1) is 0 Å². The van der Waals surface area contributed by atoms with Gasteiger partial charge in [0.25, 0.3) is 0 Å². The molecule has 0 N–H and O–H groups in total. The summed E-state index contributed by atoms with van der Waals surface area (Å²) in [5, 5.41) is 10.5. The second-order valence-electron chi connectivity index (χ2n) is 3.91. The van der Waals surface area contributed by atoms with Crippen LogP contribution in [0.15, 0.2) is 40.9 Å². The molecule has 2 aromatic rings. The monoisotopic (exact) mass is 343 g/mol. The van der Waals surface area contributed by atoms with Crippen LogP contribution in [0.4, 0.5) is 14.5 Å². The summed E-state index contributed by atoms with van der Waals surface area (Å²) in [6.45, 7) is 0.0214. The van der Waals surface area contributed by atoms with Gasteiger partial charge in [0.1, 0.15) is 6.61 Å². The fourth-order valence-electron chi connectivity index (χ4n) is 1.56. The Morgan fingerprint density at radius 2 is 1.95 bits per heavy atom. The minimum absolute atomic E-state index is 0.0214. The van der Waals surface area contributed by atoms with Crippen LogP contribution in [0.25, 0.3) is 0 Å². The number of nitro benzene ring substituents is 1. The molecule has 0 spiro atoms. The predicted octanol–water partition coefficient (Wildman–Crippen LogP) is 4.21. The zero-order chi connectivity index (χ0) is 14.7. The Bertz CT molecular complexity index is 664. The van der Waals surface area contributed by atoms with E-state index in [0.29, 0.717) is 12.1 Å². The minimum Gasteiger partial charge on any atom is -0.486 e. The largest absolute Gasteiger partial charge is 0.486 e. The van der Waals surface area contributed by atoms with Crippen LogP contribution in [0, 0.1) is 21.7 Å². The van der Waals surface area contributed by atoms with E-state index < -0.39 is 22.2 Å². The van der Waals surface area contributed by atoms with Crippen molar-refractivity contribution in [2.24, 2.45) is 0 Å². The number of rotatable bonds is 4. The van der Waals surface area contributed by atoms with Gasteiger partial charge in [0.2, 0.25) is 5.82 Å². The van der Waals surface area contributed by atoms with Gasteiger partial charge in [0.05, 0.1) is 11.0 Å². The highest BCUT2D eigenvalue weighted by atomic mass is 79.9. The standard InChI is InChI=1S/C13H8BrF2NO3/c14-9-3-1-2-8(4-9)7-20-13-6-10(15)12(17(18)19)5-11(13)16/h1-6H,7H2. The van der Waals surface area contributed by atoms with Crippen molar-refractivity contribution in [3.8, 4) is 5.75 Å². The van der Waals surface area contributed by atoms with E-state index in [9.17, 15) is 18.9 Å². The van der Waals surface area contributed by atoms with Gasteiger partial charge in [-0.3, -0.25) is 10.1 Å². The molecule has 0 saturated heterocycles. The van der Waals surface area contributed by atoms with Crippen LogP contribution in [0.3, 0.4) is 0 Å². The second-order valence-corrected chi connectivity index (χ2v) is 4.83. The zero-order valence-corrected chi connectivity index (χ0v) is 11.6. The average molecular weight is 344 g/mol. The van der Waals surface area contributed by atoms with Crippen molar-refractivity contribution in [2.75, 3.05) is 0 Å². The van der Waals surface area contributed by atoms with E-state index in [2.05, 4.69) is 15.9 Å². The molecule has 0 fully saturated rings. The SMILES string of the molecule is O=[N+]([O-])c1cc(F)c(OCc2cccc(Br)c2)cc1F. The summed E-state index contributed by atoms with van der Waals surface area (Å²) in [5.74, 6) is -2.48. The summed E-state index contributed by atoms with van der Waals surface area (Å²) in [6, 6.07) is 8.28. The van der Waals surface area contributed by atoms with Gasteiger partial charge in [0.15, 0.2) is 11.6 Å². The van der Waals surface area contributed by atoms with E-state index in [-0.39, 0.29) is 12.4 Å². The van der Waals surface area contributed by atoms with Crippen LogP contribution < -0.4 is 4.74 Å². The molecule has 0 atom stereocenters. The Labute approximate surface area is 121 Å². The zero-order valence-electron chi connectivity index (χ0n) is 9.98. The first-order chi connectivity index (χ1) is 9.47. The summed E-state index contributed by atoms with van der Waals surface area (Å²) in [5.41, 5.74) is -0.171. The van der Waals surface area contributed by atoms with Gasteiger partial charge >= 0.3 is 5.69 Å². The van der Waals surface area contributed by atoms with E-state index >= 15 is 0 Å². The molecule has 0 amide bonds. The van der Waals surface area contributed by atoms with Gasteiger partial charge in [-0.05, 0) is 17.7 Å². The molecule has 0 radical (unpaired) electrons. The van der Waals surface area contributed by atoms with E-state index in [1.807, 2.05) is 6.07 Å². The first-order valence-electron chi connectivity index (χ1n) is 5.48. The Balaban J connectivity index is 2.18. The fraction of sp³-hybridized carbons (Fsp3) is 0.0769. The number of hydrogen-bond donors (Lipinski definition) is 0. The Morgan fingerprint density at radius 1 is 1.20 bits per heavy atom. The second kappa shape index (κ2) is 5.96. The summed E-state index contributed by atoms with van der Waals surface area (Å²) >= 11 is 3.28. The van der Waals surface area contributed by atoms with Crippen LogP contribution in [-0.2, 0) is 6.61 Å². The van der Waals surface area contributed by atoms with Crippen LogP contribution >= 0.6 is 15.9 Å². The van der Waals surface area contributed by atoms with Crippen LogP contribution in [0.1, 0.15) is 5.56 Å². The van der Waals surface area contributed by atoms with Gasteiger partial charge in [-0.1, -0.05) is 28.1 Å². The molecule has 20 heavy (non-hydrogen) atoms. The van der Waals surface area contributed by atoms with Crippen molar-refractivity contribution in [3.05, 3.63) is 68.2 Å². The highest BCUT2D eigenvalue weighted by Crippen LogP contribution is 2.27. The number of nitrogens with zero attached hydrogens (tertiary/aromatic N) is 1. The van der Waals surface area contributed by atoms with Crippen molar-refractivity contribution < 1.29 is 18.4 Å². The molecule has 7 heteroatoms. The lowest BCUT2D eigenvalue weighted by Gasteiger charge is -2.08. The third-order valence-corrected chi connectivity index (χ3v) is 2.97. The van der Waals surface area contributed by atoms with E-state index in [0.717, 1.165) is 10.0 Å². The Morgan fingerprint density at radius 3 is 2.60 bits per heavy atom.